The molecule has 1 amide bonds. The molecule has 0 bridgehead atoms. The van der Waals surface area contributed by atoms with Crippen LogP contribution in [-0.4, -0.2) is 48.6 Å². The van der Waals surface area contributed by atoms with Crippen molar-refractivity contribution in [2.24, 2.45) is 11.3 Å². The molecule has 1 N–H and O–H groups in total. The van der Waals surface area contributed by atoms with Crippen LogP contribution in [0.3, 0.4) is 0 Å². The van der Waals surface area contributed by atoms with E-state index in [1.807, 2.05) is 23.1 Å². The number of amides is 1. The van der Waals surface area contributed by atoms with E-state index in [-0.39, 0.29) is 11.3 Å². The first-order valence-corrected chi connectivity index (χ1v) is 7.81. The van der Waals surface area contributed by atoms with Gasteiger partial charge in [0.05, 0.1) is 25.0 Å². The number of nitrogens with zero attached hydrogens (tertiary/aromatic N) is 2. The predicted molar refractivity (Wildman–Crippen MR) is 84.1 cm³/mol. The Labute approximate surface area is 134 Å². The largest absolute Gasteiger partial charge is 0.472 e. The summed E-state index contributed by atoms with van der Waals surface area (Å²) >= 11 is 0. The van der Waals surface area contributed by atoms with Gasteiger partial charge in [0.1, 0.15) is 12.1 Å². The maximum absolute atomic E-state index is 12.5. The molecule has 0 unspecified atom stereocenters. The van der Waals surface area contributed by atoms with E-state index in [0.29, 0.717) is 31.2 Å². The molecule has 2 aliphatic heterocycles. The minimum atomic E-state index is -0.0447. The Morgan fingerprint density at radius 2 is 2.39 bits per heavy atom. The quantitative estimate of drug-likeness (QED) is 0.933. The Hall–Kier alpha value is -2.34. The standard InChI is InChI=1S/C17H19N3O3/c21-16(13-4-6-22-8-13)20-7-14-9-23-12-17(14,11-20)10-19-15-3-1-2-5-18-15/h1-6,8,14H,7,9-12H2,(H,18,19)/t14-,17+/m1/s1. The molecule has 4 heterocycles. The number of ether oxygens (including phenoxy) is 1. The van der Waals surface area contributed by atoms with Gasteiger partial charge < -0.3 is 19.4 Å². The Kier molecular flexibility index (Phi) is 3.53. The number of likely N-dealkylation sites (tertiary alicyclic amines) is 1. The molecule has 23 heavy (non-hydrogen) atoms. The molecule has 2 aromatic rings. The zero-order valence-corrected chi connectivity index (χ0v) is 12.8. The molecule has 0 aromatic carbocycles. The second-order valence-corrected chi connectivity index (χ2v) is 6.34. The number of furan rings is 1. The SMILES string of the molecule is O=C(c1ccoc1)N1C[C@@H]2COC[C@]2(CNc2ccccn2)C1. The molecule has 0 saturated carbocycles. The fourth-order valence-corrected chi connectivity index (χ4v) is 3.54. The lowest BCUT2D eigenvalue weighted by atomic mass is 9.81. The summed E-state index contributed by atoms with van der Waals surface area (Å²) in [6.07, 6.45) is 4.81. The normalized spacial score (nSPS) is 26.3. The highest BCUT2D eigenvalue weighted by molar-refractivity contribution is 5.94. The molecular formula is C17H19N3O3. The van der Waals surface area contributed by atoms with Crippen molar-refractivity contribution in [3.63, 3.8) is 0 Å². The van der Waals surface area contributed by atoms with Crippen molar-refractivity contribution in [3.05, 3.63) is 48.6 Å². The molecule has 0 aliphatic carbocycles. The lowest BCUT2D eigenvalue weighted by Gasteiger charge is -2.27. The number of fused-ring (bicyclic) bond motifs is 1. The summed E-state index contributed by atoms with van der Waals surface area (Å²) in [5.41, 5.74) is 0.565. The number of pyridine rings is 1. The summed E-state index contributed by atoms with van der Waals surface area (Å²) in [7, 11) is 0. The lowest BCUT2D eigenvalue weighted by Crippen LogP contribution is -2.39. The highest BCUT2D eigenvalue weighted by Crippen LogP contribution is 2.41. The van der Waals surface area contributed by atoms with Crippen LogP contribution in [-0.2, 0) is 4.74 Å². The van der Waals surface area contributed by atoms with Crippen LogP contribution in [0, 0.1) is 11.3 Å². The van der Waals surface area contributed by atoms with E-state index in [1.54, 1.807) is 12.3 Å². The number of hydrogen-bond acceptors (Lipinski definition) is 5. The van der Waals surface area contributed by atoms with Crippen molar-refractivity contribution < 1.29 is 13.9 Å². The van der Waals surface area contributed by atoms with Gasteiger partial charge in [-0.15, -0.1) is 0 Å². The maximum Gasteiger partial charge on any atom is 0.257 e. The molecule has 2 fully saturated rings. The average Bonchev–Trinajstić information content (AvgIpc) is 3.29. The van der Waals surface area contributed by atoms with Crippen LogP contribution in [0.2, 0.25) is 0 Å². The third kappa shape index (κ3) is 2.59. The second-order valence-electron chi connectivity index (χ2n) is 6.34. The van der Waals surface area contributed by atoms with Crippen molar-refractivity contribution in [1.82, 2.24) is 9.88 Å². The lowest BCUT2D eigenvalue weighted by molar-refractivity contribution is 0.0724. The Morgan fingerprint density at radius 1 is 1.43 bits per heavy atom. The van der Waals surface area contributed by atoms with E-state index < -0.39 is 0 Å². The van der Waals surface area contributed by atoms with E-state index in [2.05, 4.69) is 10.3 Å². The van der Waals surface area contributed by atoms with Crippen molar-refractivity contribution in [2.75, 3.05) is 38.2 Å². The number of carbonyl (C=O) groups is 1. The number of nitrogens with one attached hydrogen (secondary N) is 1. The van der Waals surface area contributed by atoms with E-state index in [1.165, 1.54) is 12.5 Å². The van der Waals surface area contributed by atoms with Gasteiger partial charge in [0, 0.05) is 37.2 Å². The Balaban J connectivity index is 1.47. The molecule has 0 radical (unpaired) electrons. The summed E-state index contributed by atoms with van der Waals surface area (Å²) in [6.45, 7) is 3.56. The molecule has 6 nitrogen and oxygen atoms in total. The first-order chi connectivity index (χ1) is 11.3. The molecule has 2 atom stereocenters. The van der Waals surface area contributed by atoms with Gasteiger partial charge in [-0.3, -0.25) is 4.79 Å². The average molecular weight is 313 g/mol. The van der Waals surface area contributed by atoms with E-state index >= 15 is 0 Å². The molecule has 6 heteroatoms. The van der Waals surface area contributed by atoms with Gasteiger partial charge in [0.2, 0.25) is 0 Å². The van der Waals surface area contributed by atoms with Gasteiger partial charge in [0.15, 0.2) is 0 Å². The fourth-order valence-electron chi connectivity index (χ4n) is 3.54. The summed E-state index contributed by atoms with van der Waals surface area (Å²) < 4.78 is 10.7. The molecule has 0 spiro atoms. The van der Waals surface area contributed by atoms with Crippen LogP contribution < -0.4 is 5.32 Å². The van der Waals surface area contributed by atoms with E-state index in [0.717, 1.165) is 18.9 Å². The molecule has 4 rings (SSSR count). The summed E-state index contributed by atoms with van der Waals surface area (Å²) in [6, 6.07) is 7.52. The minimum absolute atomic E-state index is 0.0327. The second kappa shape index (κ2) is 5.70. The number of aromatic nitrogens is 1. The van der Waals surface area contributed by atoms with Crippen LogP contribution in [0.4, 0.5) is 5.82 Å². The highest BCUT2D eigenvalue weighted by Gasteiger charge is 2.51. The van der Waals surface area contributed by atoms with Crippen LogP contribution in [0.15, 0.2) is 47.4 Å². The first kappa shape index (κ1) is 14.3. The van der Waals surface area contributed by atoms with Crippen molar-refractivity contribution >= 4 is 11.7 Å². The predicted octanol–water partition coefficient (Wildman–Crippen LogP) is 1.88. The number of rotatable bonds is 4. The van der Waals surface area contributed by atoms with Crippen molar-refractivity contribution in [1.29, 1.82) is 0 Å². The zero-order valence-electron chi connectivity index (χ0n) is 12.8. The monoisotopic (exact) mass is 313 g/mol. The van der Waals surface area contributed by atoms with Gasteiger partial charge in [-0.2, -0.15) is 0 Å². The van der Waals surface area contributed by atoms with Gasteiger partial charge in [-0.25, -0.2) is 4.98 Å². The summed E-state index contributed by atoms with van der Waals surface area (Å²) in [5.74, 6) is 1.24. The van der Waals surface area contributed by atoms with Crippen LogP contribution in [0.5, 0.6) is 0 Å². The summed E-state index contributed by atoms with van der Waals surface area (Å²) in [5, 5.41) is 3.40. The van der Waals surface area contributed by atoms with Crippen LogP contribution >= 0.6 is 0 Å². The minimum Gasteiger partial charge on any atom is -0.472 e. The number of hydrogen-bond donors (Lipinski definition) is 1. The van der Waals surface area contributed by atoms with Crippen LogP contribution in [0.1, 0.15) is 10.4 Å². The van der Waals surface area contributed by atoms with E-state index in [9.17, 15) is 4.79 Å². The Morgan fingerprint density at radius 3 is 3.17 bits per heavy atom. The smallest absolute Gasteiger partial charge is 0.257 e. The zero-order chi connectivity index (χ0) is 15.7. The van der Waals surface area contributed by atoms with Crippen LogP contribution in [0.25, 0.3) is 0 Å². The van der Waals surface area contributed by atoms with Gasteiger partial charge in [-0.05, 0) is 18.2 Å². The molecule has 120 valence electrons. The molecule has 2 saturated heterocycles. The third-order valence-corrected chi connectivity index (χ3v) is 4.86. The maximum atomic E-state index is 12.5. The van der Waals surface area contributed by atoms with Gasteiger partial charge in [-0.1, -0.05) is 6.07 Å². The number of carbonyl (C=O) groups excluding carboxylic acids is 1. The Bertz CT molecular complexity index is 674. The molecule has 2 aromatic heterocycles. The van der Waals surface area contributed by atoms with Crippen molar-refractivity contribution in [2.45, 2.75) is 0 Å². The topological polar surface area (TPSA) is 67.6 Å². The highest BCUT2D eigenvalue weighted by atomic mass is 16.5. The molecule has 2 aliphatic rings. The van der Waals surface area contributed by atoms with Crippen molar-refractivity contribution in [3.8, 4) is 0 Å². The van der Waals surface area contributed by atoms with Gasteiger partial charge in [0.25, 0.3) is 5.91 Å². The number of anilines is 1. The van der Waals surface area contributed by atoms with Gasteiger partial charge >= 0.3 is 0 Å². The molecular weight excluding hydrogens is 294 g/mol. The first-order valence-electron chi connectivity index (χ1n) is 7.81. The van der Waals surface area contributed by atoms with E-state index in [4.69, 9.17) is 9.15 Å². The fraction of sp³-hybridized carbons (Fsp3) is 0.412. The third-order valence-electron chi connectivity index (χ3n) is 4.86. The summed E-state index contributed by atoms with van der Waals surface area (Å²) in [4.78, 5) is 18.8.